The summed E-state index contributed by atoms with van der Waals surface area (Å²) in [6, 6.07) is 3.89. The molecule has 5 nitrogen and oxygen atoms in total. The molecular weight excluding hydrogens is 275 g/mol. The molecule has 116 valence electrons. The van der Waals surface area contributed by atoms with E-state index >= 15 is 0 Å². The van der Waals surface area contributed by atoms with E-state index in [9.17, 15) is 9.18 Å². The van der Waals surface area contributed by atoms with Crippen LogP contribution in [-0.4, -0.2) is 32.4 Å². The average molecular weight is 296 g/mol. The van der Waals surface area contributed by atoms with Crippen LogP contribution in [0.3, 0.4) is 0 Å². The van der Waals surface area contributed by atoms with E-state index in [1.54, 1.807) is 7.11 Å². The first kappa shape index (κ1) is 15.7. The lowest BCUT2D eigenvalue weighted by molar-refractivity contribution is 0.0648. The molecule has 2 rings (SSSR count). The summed E-state index contributed by atoms with van der Waals surface area (Å²) in [7, 11) is 3.15. The Labute approximate surface area is 123 Å². The molecule has 1 aliphatic carbocycles. The van der Waals surface area contributed by atoms with Crippen LogP contribution < -0.4 is 10.6 Å². The number of rotatable bonds is 6. The largest absolute Gasteiger partial charge is 0.382 e. The predicted molar refractivity (Wildman–Crippen MR) is 77.7 cm³/mol. The highest BCUT2D eigenvalue weighted by Gasteiger charge is 2.38. The van der Waals surface area contributed by atoms with E-state index in [1.807, 2.05) is 0 Å². The molecule has 0 unspecified atom stereocenters. The molecular formula is C15H21FN2O3. The van der Waals surface area contributed by atoms with Crippen molar-refractivity contribution in [2.75, 3.05) is 26.1 Å². The predicted octanol–water partition coefficient (Wildman–Crippen LogP) is 2.66. The molecule has 1 fully saturated rings. The van der Waals surface area contributed by atoms with E-state index < -0.39 is 0 Å². The first-order valence-corrected chi connectivity index (χ1v) is 6.94. The Balaban J connectivity index is 2.02. The Bertz CT molecular complexity index is 504. The summed E-state index contributed by atoms with van der Waals surface area (Å²) < 4.78 is 23.4. The standard InChI is InChI=1S/C15H21FN2O3/c1-20-9-11-8-12(16)4-5-13(11)17-14(19)18-15(10-21-2)6-3-7-15/h4-5,8H,3,6-7,9-10H2,1-2H3,(H2,17,18,19). The van der Waals surface area contributed by atoms with Gasteiger partial charge in [0.2, 0.25) is 0 Å². The zero-order chi connectivity index (χ0) is 15.3. The molecule has 2 N–H and O–H groups in total. The Morgan fingerprint density at radius 3 is 2.67 bits per heavy atom. The van der Waals surface area contributed by atoms with Crippen molar-refractivity contribution in [1.82, 2.24) is 5.32 Å². The fraction of sp³-hybridized carbons (Fsp3) is 0.533. The minimum atomic E-state index is -0.358. The molecule has 0 aliphatic heterocycles. The summed E-state index contributed by atoms with van der Waals surface area (Å²) >= 11 is 0. The van der Waals surface area contributed by atoms with E-state index in [4.69, 9.17) is 9.47 Å². The molecule has 2 amide bonds. The Morgan fingerprint density at radius 1 is 1.33 bits per heavy atom. The average Bonchev–Trinajstić information content (AvgIpc) is 2.40. The molecule has 21 heavy (non-hydrogen) atoms. The highest BCUT2D eigenvalue weighted by molar-refractivity contribution is 5.90. The van der Waals surface area contributed by atoms with Gasteiger partial charge in [-0.2, -0.15) is 0 Å². The fourth-order valence-electron chi connectivity index (χ4n) is 2.54. The molecule has 1 aromatic carbocycles. The molecule has 0 saturated heterocycles. The SMILES string of the molecule is COCc1cc(F)ccc1NC(=O)NC1(COC)CCC1. The van der Waals surface area contributed by atoms with Gasteiger partial charge in [-0.25, -0.2) is 9.18 Å². The molecule has 6 heteroatoms. The minimum Gasteiger partial charge on any atom is -0.382 e. The lowest BCUT2D eigenvalue weighted by Gasteiger charge is -2.41. The van der Waals surface area contributed by atoms with Crippen LogP contribution in [0.25, 0.3) is 0 Å². The molecule has 1 aromatic rings. The van der Waals surface area contributed by atoms with Gasteiger partial charge in [0.05, 0.1) is 18.8 Å². The lowest BCUT2D eigenvalue weighted by Crippen LogP contribution is -2.57. The van der Waals surface area contributed by atoms with Gasteiger partial charge in [-0.1, -0.05) is 0 Å². The van der Waals surface area contributed by atoms with Crippen molar-refractivity contribution in [2.45, 2.75) is 31.4 Å². The summed E-state index contributed by atoms with van der Waals surface area (Å²) in [5, 5.41) is 5.71. The van der Waals surface area contributed by atoms with Gasteiger partial charge in [-0.05, 0) is 37.5 Å². The molecule has 0 radical (unpaired) electrons. The Kier molecular flexibility index (Phi) is 5.14. The maximum absolute atomic E-state index is 13.2. The van der Waals surface area contributed by atoms with Crippen molar-refractivity contribution in [3.63, 3.8) is 0 Å². The van der Waals surface area contributed by atoms with Crippen LogP contribution in [0.15, 0.2) is 18.2 Å². The van der Waals surface area contributed by atoms with Gasteiger partial charge < -0.3 is 20.1 Å². The number of hydrogen-bond acceptors (Lipinski definition) is 3. The van der Waals surface area contributed by atoms with Gasteiger partial charge in [0.15, 0.2) is 0 Å². The molecule has 0 bridgehead atoms. The van der Waals surface area contributed by atoms with Gasteiger partial charge in [0.1, 0.15) is 5.82 Å². The number of amides is 2. The first-order valence-electron chi connectivity index (χ1n) is 6.94. The van der Waals surface area contributed by atoms with Crippen molar-refractivity contribution in [2.24, 2.45) is 0 Å². The zero-order valence-electron chi connectivity index (χ0n) is 12.4. The number of methoxy groups -OCH3 is 2. The molecule has 0 heterocycles. The maximum Gasteiger partial charge on any atom is 0.319 e. The van der Waals surface area contributed by atoms with Crippen molar-refractivity contribution in [1.29, 1.82) is 0 Å². The second-order valence-electron chi connectivity index (χ2n) is 5.38. The van der Waals surface area contributed by atoms with E-state index in [2.05, 4.69) is 10.6 Å². The fourth-order valence-corrected chi connectivity index (χ4v) is 2.54. The maximum atomic E-state index is 13.2. The number of nitrogens with one attached hydrogen (secondary N) is 2. The van der Waals surface area contributed by atoms with Gasteiger partial charge in [-0.15, -0.1) is 0 Å². The van der Waals surface area contributed by atoms with Crippen LogP contribution in [0.1, 0.15) is 24.8 Å². The molecule has 0 atom stereocenters. The summed E-state index contributed by atoms with van der Waals surface area (Å²) in [5.41, 5.74) is 0.866. The normalized spacial score (nSPS) is 16.1. The number of carbonyl (C=O) groups is 1. The molecule has 0 spiro atoms. The Morgan fingerprint density at radius 2 is 2.10 bits per heavy atom. The second kappa shape index (κ2) is 6.87. The number of anilines is 1. The van der Waals surface area contributed by atoms with Crippen LogP contribution in [0.2, 0.25) is 0 Å². The van der Waals surface area contributed by atoms with E-state index in [1.165, 1.54) is 25.3 Å². The lowest BCUT2D eigenvalue weighted by atomic mass is 9.77. The smallest absolute Gasteiger partial charge is 0.319 e. The zero-order valence-corrected chi connectivity index (χ0v) is 12.4. The van der Waals surface area contributed by atoms with Crippen LogP contribution >= 0.6 is 0 Å². The summed E-state index contributed by atoms with van der Waals surface area (Å²) in [6.45, 7) is 0.728. The van der Waals surface area contributed by atoms with Crippen molar-refractivity contribution >= 4 is 11.7 Å². The van der Waals surface area contributed by atoms with Crippen LogP contribution in [0.5, 0.6) is 0 Å². The second-order valence-corrected chi connectivity index (χ2v) is 5.38. The van der Waals surface area contributed by atoms with Gasteiger partial charge in [0, 0.05) is 25.5 Å². The van der Waals surface area contributed by atoms with Crippen LogP contribution in [-0.2, 0) is 16.1 Å². The third kappa shape index (κ3) is 3.92. The summed E-state index contributed by atoms with van der Waals surface area (Å²) in [4.78, 5) is 12.1. The van der Waals surface area contributed by atoms with Crippen molar-refractivity contribution < 1.29 is 18.7 Å². The number of urea groups is 1. The monoisotopic (exact) mass is 296 g/mol. The van der Waals surface area contributed by atoms with Gasteiger partial charge in [0.25, 0.3) is 0 Å². The summed E-state index contributed by atoms with van der Waals surface area (Å²) in [6.07, 6.45) is 2.89. The number of ether oxygens (including phenoxy) is 2. The van der Waals surface area contributed by atoms with Crippen molar-refractivity contribution in [3.05, 3.63) is 29.6 Å². The number of carbonyl (C=O) groups excluding carboxylic acids is 1. The quantitative estimate of drug-likeness (QED) is 0.848. The van der Waals surface area contributed by atoms with Crippen LogP contribution in [0, 0.1) is 5.82 Å². The number of halogens is 1. The first-order chi connectivity index (χ1) is 10.1. The third-order valence-electron chi connectivity index (χ3n) is 3.73. The number of hydrogen-bond donors (Lipinski definition) is 2. The molecule has 1 saturated carbocycles. The van der Waals surface area contributed by atoms with E-state index in [-0.39, 0.29) is 24.0 Å². The summed E-state index contributed by atoms with van der Waals surface area (Å²) in [5.74, 6) is -0.358. The van der Waals surface area contributed by atoms with E-state index in [0.29, 0.717) is 17.9 Å². The highest BCUT2D eigenvalue weighted by Crippen LogP contribution is 2.32. The van der Waals surface area contributed by atoms with Crippen LogP contribution in [0.4, 0.5) is 14.9 Å². The van der Waals surface area contributed by atoms with E-state index in [0.717, 1.165) is 19.3 Å². The van der Waals surface area contributed by atoms with Crippen molar-refractivity contribution in [3.8, 4) is 0 Å². The topological polar surface area (TPSA) is 59.6 Å². The minimum absolute atomic E-state index is 0.233. The molecule has 0 aromatic heterocycles. The van der Waals surface area contributed by atoms with Gasteiger partial charge in [-0.3, -0.25) is 0 Å². The van der Waals surface area contributed by atoms with Gasteiger partial charge >= 0.3 is 6.03 Å². The molecule has 1 aliphatic rings. The number of benzene rings is 1. The Hall–Kier alpha value is -1.66. The highest BCUT2D eigenvalue weighted by atomic mass is 19.1. The third-order valence-corrected chi connectivity index (χ3v) is 3.73.